The molecular formula is C15H17ClN2O. The molecule has 0 aliphatic carbocycles. The molecule has 3 nitrogen and oxygen atoms in total. The maximum atomic E-state index is 12.3. The van der Waals surface area contributed by atoms with Crippen LogP contribution in [0, 0.1) is 13.8 Å². The lowest BCUT2D eigenvalue weighted by atomic mass is 10.0. The SMILES string of the molecule is CCn1nc(C)cc1CC(=O)c1ccc(Cl)c(C)c1. The molecule has 0 amide bonds. The van der Waals surface area contributed by atoms with Crippen molar-refractivity contribution in [3.63, 3.8) is 0 Å². The topological polar surface area (TPSA) is 34.9 Å². The average molecular weight is 277 g/mol. The Kier molecular flexibility index (Phi) is 4.05. The van der Waals surface area contributed by atoms with E-state index in [2.05, 4.69) is 5.10 Å². The van der Waals surface area contributed by atoms with E-state index in [1.165, 1.54) is 0 Å². The Bertz CT molecular complexity index is 617. The fraction of sp³-hybridized carbons (Fsp3) is 0.333. The normalized spacial score (nSPS) is 10.7. The highest BCUT2D eigenvalue weighted by Gasteiger charge is 2.12. The molecule has 19 heavy (non-hydrogen) atoms. The molecule has 0 atom stereocenters. The van der Waals surface area contributed by atoms with Crippen molar-refractivity contribution in [1.29, 1.82) is 0 Å². The van der Waals surface area contributed by atoms with Crippen LogP contribution >= 0.6 is 11.6 Å². The van der Waals surface area contributed by atoms with Gasteiger partial charge in [-0.1, -0.05) is 11.6 Å². The van der Waals surface area contributed by atoms with Gasteiger partial charge in [-0.2, -0.15) is 5.10 Å². The van der Waals surface area contributed by atoms with E-state index in [9.17, 15) is 4.79 Å². The zero-order valence-electron chi connectivity index (χ0n) is 11.4. The first-order valence-electron chi connectivity index (χ1n) is 6.34. The molecule has 2 rings (SSSR count). The van der Waals surface area contributed by atoms with Gasteiger partial charge in [-0.15, -0.1) is 0 Å². The van der Waals surface area contributed by atoms with Crippen LogP contribution in [0.1, 0.15) is 34.2 Å². The Labute approximate surface area is 118 Å². The number of carbonyl (C=O) groups excluding carboxylic acids is 1. The molecule has 0 aliphatic heterocycles. The summed E-state index contributed by atoms with van der Waals surface area (Å²) in [5.41, 5.74) is 3.52. The molecule has 1 aromatic heterocycles. The van der Waals surface area contributed by atoms with Gasteiger partial charge in [0.2, 0.25) is 0 Å². The largest absolute Gasteiger partial charge is 0.294 e. The second-order valence-corrected chi connectivity index (χ2v) is 5.06. The molecule has 0 radical (unpaired) electrons. The van der Waals surface area contributed by atoms with Crippen LogP contribution in [-0.2, 0) is 13.0 Å². The van der Waals surface area contributed by atoms with Crippen molar-refractivity contribution in [2.45, 2.75) is 33.7 Å². The van der Waals surface area contributed by atoms with Gasteiger partial charge in [0.05, 0.1) is 12.1 Å². The minimum absolute atomic E-state index is 0.0920. The van der Waals surface area contributed by atoms with Gasteiger partial charge >= 0.3 is 0 Å². The number of carbonyl (C=O) groups is 1. The molecular weight excluding hydrogens is 260 g/mol. The third-order valence-corrected chi connectivity index (χ3v) is 3.53. The lowest BCUT2D eigenvalue weighted by Gasteiger charge is -2.05. The third kappa shape index (κ3) is 3.04. The smallest absolute Gasteiger partial charge is 0.168 e. The molecule has 4 heteroatoms. The number of nitrogens with zero attached hydrogens (tertiary/aromatic N) is 2. The van der Waals surface area contributed by atoms with Gasteiger partial charge in [-0.3, -0.25) is 9.48 Å². The predicted octanol–water partition coefficient (Wildman–Crippen LogP) is 3.60. The van der Waals surface area contributed by atoms with Crippen LogP contribution < -0.4 is 0 Å². The Morgan fingerprint density at radius 2 is 2.05 bits per heavy atom. The molecule has 1 heterocycles. The van der Waals surface area contributed by atoms with Crippen LogP contribution in [-0.4, -0.2) is 15.6 Å². The first kappa shape index (κ1) is 13.8. The maximum absolute atomic E-state index is 12.3. The van der Waals surface area contributed by atoms with Crippen molar-refractivity contribution in [1.82, 2.24) is 9.78 Å². The van der Waals surface area contributed by atoms with E-state index in [1.54, 1.807) is 12.1 Å². The summed E-state index contributed by atoms with van der Waals surface area (Å²) in [5, 5.41) is 5.04. The van der Waals surface area contributed by atoms with Crippen molar-refractivity contribution >= 4 is 17.4 Å². The second kappa shape index (κ2) is 5.57. The van der Waals surface area contributed by atoms with Crippen molar-refractivity contribution in [2.75, 3.05) is 0 Å². The van der Waals surface area contributed by atoms with Crippen LogP contribution in [0.5, 0.6) is 0 Å². The monoisotopic (exact) mass is 276 g/mol. The van der Waals surface area contributed by atoms with Crippen molar-refractivity contribution in [3.8, 4) is 0 Å². The molecule has 100 valence electrons. The van der Waals surface area contributed by atoms with Gasteiger partial charge in [-0.05, 0) is 50.6 Å². The van der Waals surface area contributed by atoms with Crippen molar-refractivity contribution in [3.05, 3.63) is 51.8 Å². The summed E-state index contributed by atoms with van der Waals surface area (Å²) in [5.74, 6) is 0.0920. The minimum atomic E-state index is 0.0920. The molecule has 2 aromatic rings. The van der Waals surface area contributed by atoms with Gasteiger partial charge in [0, 0.05) is 22.8 Å². The number of halogens is 1. The summed E-state index contributed by atoms with van der Waals surface area (Å²) in [7, 11) is 0. The summed E-state index contributed by atoms with van der Waals surface area (Å²) in [4.78, 5) is 12.3. The standard InChI is InChI=1S/C15H17ClN2O/c1-4-18-13(8-11(3)17-18)9-15(19)12-5-6-14(16)10(2)7-12/h5-8H,4,9H2,1-3H3. The summed E-state index contributed by atoms with van der Waals surface area (Å²) < 4.78 is 1.87. The Balaban J connectivity index is 2.22. The van der Waals surface area contributed by atoms with E-state index in [4.69, 9.17) is 11.6 Å². The fourth-order valence-corrected chi connectivity index (χ4v) is 2.22. The zero-order valence-corrected chi connectivity index (χ0v) is 12.2. The number of rotatable bonds is 4. The van der Waals surface area contributed by atoms with Gasteiger partial charge in [0.15, 0.2) is 5.78 Å². The first-order valence-corrected chi connectivity index (χ1v) is 6.71. The summed E-state index contributed by atoms with van der Waals surface area (Å²) >= 11 is 5.97. The van der Waals surface area contributed by atoms with E-state index in [0.717, 1.165) is 23.5 Å². The summed E-state index contributed by atoms with van der Waals surface area (Å²) in [6, 6.07) is 7.35. The lowest BCUT2D eigenvalue weighted by Crippen LogP contribution is -2.09. The van der Waals surface area contributed by atoms with Gasteiger partial charge in [0.1, 0.15) is 0 Å². The van der Waals surface area contributed by atoms with E-state index in [1.807, 2.05) is 37.6 Å². The lowest BCUT2D eigenvalue weighted by molar-refractivity contribution is 0.0990. The Morgan fingerprint density at radius 3 is 2.68 bits per heavy atom. The average Bonchev–Trinajstić information content (AvgIpc) is 2.72. The van der Waals surface area contributed by atoms with E-state index >= 15 is 0 Å². The van der Waals surface area contributed by atoms with E-state index < -0.39 is 0 Å². The quantitative estimate of drug-likeness (QED) is 0.800. The van der Waals surface area contributed by atoms with Crippen LogP contribution in [0.2, 0.25) is 5.02 Å². The third-order valence-electron chi connectivity index (χ3n) is 3.11. The maximum Gasteiger partial charge on any atom is 0.168 e. The molecule has 0 saturated carbocycles. The van der Waals surface area contributed by atoms with Crippen LogP contribution in [0.4, 0.5) is 0 Å². The molecule has 0 spiro atoms. The van der Waals surface area contributed by atoms with Crippen molar-refractivity contribution in [2.24, 2.45) is 0 Å². The number of aromatic nitrogens is 2. The van der Waals surface area contributed by atoms with Gasteiger partial charge < -0.3 is 0 Å². The zero-order chi connectivity index (χ0) is 14.0. The van der Waals surface area contributed by atoms with E-state index in [0.29, 0.717) is 17.0 Å². The second-order valence-electron chi connectivity index (χ2n) is 4.66. The Morgan fingerprint density at radius 1 is 1.32 bits per heavy atom. The van der Waals surface area contributed by atoms with Gasteiger partial charge in [0.25, 0.3) is 0 Å². The predicted molar refractivity (Wildman–Crippen MR) is 76.9 cm³/mol. The first-order chi connectivity index (χ1) is 9.01. The number of hydrogen-bond donors (Lipinski definition) is 0. The number of benzene rings is 1. The summed E-state index contributed by atoms with van der Waals surface area (Å²) in [6.45, 7) is 6.63. The number of aryl methyl sites for hydroxylation is 3. The molecule has 0 bridgehead atoms. The molecule has 0 N–H and O–H groups in total. The molecule has 0 aliphatic rings. The van der Waals surface area contributed by atoms with Crippen LogP contribution in [0.15, 0.2) is 24.3 Å². The van der Waals surface area contributed by atoms with E-state index in [-0.39, 0.29) is 5.78 Å². The fourth-order valence-electron chi connectivity index (χ4n) is 2.10. The molecule has 0 saturated heterocycles. The number of ketones is 1. The van der Waals surface area contributed by atoms with Gasteiger partial charge in [-0.25, -0.2) is 0 Å². The highest BCUT2D eigenvalue weighted by atomic mass is 35.5. The highest BCUT2D eigenvalue weighted by Crippen LogP contribution is 2.18. The summed E-state index contributed by atoms with van der Waals surface area (Å²) in [6.07, 6.45) is 0.371. The molecule has 1 aromatic carbocycles. The Hall–Kier alpha value is -1.61. The van der Waals surface area contributed by atoms with Crippen molar-refractivity contribution < 1.29 is 4.79 Å². The molecule has 0 unspecified atom stereocenters. The van der Waals surface area contributed by atoms with Crippen LogP contribution in [0.25, 0.3) is 0 Å². The molecule has 0 fully saturated rings. The highest BCUT2D eigenvalue weighted by molar-refractivity contribution is 6.31. The minimum Gasteiger partial charge on any atom is -0.294 e. The number of hydrogen-bond acceptors (Lipinski definition) is 2. The van der Waals surface area contributed by atoms with Crippen LogP contribution in [0.3, 0.4) is 0 Å². The number of Topliss-reactive ketones (excluding diaryl/α,β-unsaturated/α-hetero) is 1.